The summed E-state index contributed by atoms with van der Waals surface area (Å²) in [5.74, 6) is -1.47. The van der Waals surface area contributed by atoms with Crippen LogP contribution in [-0.4, -0.2) is 16.9 Å². The highest BCUT2D eigenvalue weighted by molar-refractivity contribution is 6.05. The van der Waals surface area contributed by atoms with E-state index in [2.05, 4.69) is 0 Å². The lowest BCUT2D eigenvalue weighted by atomic mass is 9.59. The van der Waals surface area contributed by atoms with Crippen molar-refractivity contribution < 1.29 is 14.7 Å². The molecule has 2 rings (SSSR count). The van der Waals surface area contributed by atoms with Crippen LogP contribution in [0.4, 0.5) is 0 Å². The van der Waals surface area contributed by atoms with Gasteiger partial charge in [0.05, 0.1) is 5.92 Å². The van der Waals surface area contributed by atoms with Gasteiger partial charge in [-0.05, 0) is 50.2 Å². The summed E-state index contributed by atoms with van der Waals surface area (Å²) in [5.41, 5.74) is 2.54. The van der Waals surface area contributed by atoms with E-state index < -0.39 is 22.7 Å². The van der Waals surface area contributed by atoms with Crippen molar-refractivity contribution in [2.24, 2.45) is 16.7 Å². The first-order valence-electron chi connectivity index (χ1n) is 8.86. The fourth-order valence-corrected chi connectivity index (χ4v) is 4.88. The molecule has 1 aliphatic rings. The van der Waals surface area contributed by atoms with Crippen molar-refractivity contribution in [2.75, 3.05) is 0 Å². The first-order valence-corrected chi connectivity index (χ1v) is 8.86. The molecule has 1 unspecified atom stereocenters. The van der Waals surface area contributed by atoms with E-state index in [-0.39, 0.29) is 5.78 Å². The van der Waals surface area contributed by atoms with Gasteiger partial charge in [-0.1, -0.05) is 51.3 Å². The Morgan fingerprint density at radius 1 is 1.04 bits per heavy atom. The largest absolute Gasteiger partial charge is 0.481 e. The summed E-state index contributed by atoms with van der Waals surface area (Å²) in [4.78, 5) is 25.8. The summed E-state index contributed by atoms with van der Waals surface area (Å²) in [7, 11) is 0. The maximum absolute atomic E-state index is 13.7. The third kappa shape index (κ3) is 3.13. The summed E-state index contributed by atoms with van der Waals surface area (Å²) in [5, 5.41) is 9.96. The predicted octanol–water partition coefficient (Wildman–Crippen LogP) is 5.10. The molecular formula is C21H30O3. The molecule has 1 aromatic carbocycles. The zero-order valence-corrected chi connectivity index (χ0v) is 15.8. The van der Waals surface area contributed by atoms with E-state index in [0.29, 0.717) is 12.8 Å². The van der Waals surface area contributed by atoms with Gasteiger partial charge in [-0.15, -0.1) is 0 Å². The standard InChI is InChI=1S/C21H30O3/c1-13-11-14(2)16(15(3)12-13)18(22)21(9-7-8-10-21)17(19(23)24)20(4,5)6/h11-12,17H,7-10H2,1-6H3,(H,23,24). The van der Waals surface area contributed by atoms with Gasteiger partial charge in [0.15, 0.2) is 5.78 Å². The Morgan fingerprint density at radius 3 is 1.88 bits per heavy atom. The van der Waals surface area contributed by atoms with Crippen LogP contribution >= 0.6 is 0 Å². The average Bonchev–Trinajstić information content (AvgIpc) is 2.85. The molecule has 0 radical (unpaired) electrons. The molecule has 0 saturated heterocycles. The highest BCUT2D eigenvalue weighted by Gasteiger charge is 2.55. The van der Waals surface area contributed by atoms with Crippen molar-refractivity contribution in [2.45, 2.75) is 67.2 Å². The van der Waals surface area contributed by atoms with Crippen LogP contribution in [0, 0.1) is 37.5 Å². The topological polar surface area (TPSA) is 54.4 Å². The molecular weight excluding hydrogens is 300 g/mol. The quantitative estimate of drug-likeness (QED) is 0.781. The number of carbonyl (C=O) groups excluding carboxylic acids is 1. The maximum Gasteiger partial charge on any atom is 0.308 e. The molecule has 132 valence electrons. The van der Waals surface area contributed by atoms with Crippen LogP contribution in [0.2, 0.25) is 0 Å². The number of carbonyl (C=O) groups is 2. The fourth-order valence-electron chi connectivity index (χ4n) is 4.88. The minimum absolute atomic E-state index is 0.0392. The summed E-state index contributed by atoms with van der Waals surface area (Å²) >= 11 is 0. The van der Waals surface area contributed by atoms with E-state index in [4.69, 9.17) is 0 Å². The van der Waals surface area contributed by atoms with E-state index in [1.165, 1.54) is 0 Å². The number of rotatable bonds is 4. The van der Waals surface area contributed by atoms with Crippen LogP contribution in [0.5, 0.6) is 0 Å². The van der Waals surface area contributed by atoms with Gasteiger partial charge in [0.2, 0.25) is 0 Å². The van der Waals surface area contributed by atoms with Crippen LogP contribution < -0.4 is 0 Å². The van der Waals surface area contributed by atoms with Gasteiger partial charge in [-0.25, -0.2) is 0 Å². The second-order valence-corrected chi connectivity index (χ2v) is 8.60. The molecule has 1 fully saturated rings. The first-order chi connectivity index (χ1) is 11.0. The van der Waals surface area contributed by atoms with Gasteiger partial charge in [0, 0.05) is 11.0 Å². The average molecular weight is 330 g/mol. The van der Waals surface area contributed by atoms with Crippen molar-refractivity contribution in [1.82, 2.24) is 0 Å². The van der Waals surface area contributed by atoms with E-state index in [1.807, 2.05) is 53.7 Å². The molecule has 3 heteroatoms. The van der Waals surface area contributed by atoms with Crippen LogP contribution in [0.25, 0.3) is 0 Å². The summed E-state index contributed by atoms with van der Waals surface area (Å²) in [6, 6.07) is 4.05. The lowest BCUT2D eigenvalue weighted by Gasteiger charge is -2.41. The van der Waals surface area contributed by atoms with Crippen LogP contribution in [0.15, 0.2) is 12.1 Å². The number of carboxylic acid groups (broad SMARTS) is 1. The number of hydrogen-bond donors (Lipinski definition) is 1. The molecule has 0 amide bonds. The first kappa shape index (κ1) is 18.7. The highest BCUT2D eigenvalue weighted by Crippen LogP contribution is 2.53. The molecule has 0 aliphatic heterocycles. The van der Waals surface area contributed by atoms with Gasteiger partial charge in [0.25, 0.3) is 0 Å². The van der Waals surface area contributed by atoms with Gasteiger partial charge < -0.3 is 5.11 Å². The van der Waals surface area contributed by atoms with Gasteiger partial charge in [0.1, 0.15) is 0 Å². The lowest BCUT2D eigenvalue weighted by molar-refractivity contribution is -0.151. The maximum atomic E-state index is 13.7. The normalized spacial score (nSPS) is 18.4. The summed E-state index contributed by atoms with van der Waals surface area (Å²) in [6.45, 7) is 11.8. The molecule has 0 spiro atoms. The van der Waals surface area contributed by atoms with E-state index in [0.717, 1.165) is 35.1 Å². The third-order valence-electron chi connectivity index (χ3n) is 5.52. The molecule has 0 heterocycles. The third-order valence-corrected chi connectivity index (χ3v) is 5.52. The SMILES string of the molecule is Cc1cc(C)c(C(=O)C2(C(C(=O)O)C(C)(C)C)CCCC2)c(C)c1. The second-order valence-electron chi connectivity index (χ2n) is 8.60. The molecule has 1 aromatic rings. The number of ketones is 1. The molecule has 3 nitrogen and oxygen atoms in total. The number of benzene rings is 1. The highest BCUT2D eigenvalue weighted by atomic mass is 16.4. The molecule has 1 saturated carbocycles. The van der Waals surface area contributed by atoms with Crippen LogP contribution in [-0.2, 0) is 4.79 Å². The Hall–Kier alpha value is -1.64. The Kier molecular flexibility index (Phi) is 4.94. The molecule has 24 heavy (non-hydrogen) atoms. The van der Waals surface area contributed by atoms with Crippen molar-refractivity contribution in [1.29, 1.82) is 0 Å². The molecule has 1 aliphatic carbocycles. The molecule has 1 N–H and O–H groups in total. The minimum Gasteiger partial charge on any atom is -0.481 e. The van der Waals surface area contributed by atoms with E-state index in [1.54, 1.807) is 0 Å². The van der Waals surface area contributed by atoms with Crippen molar-refractivity contribution in [3.05, 3.63) is 34.4 Å². The fraction of sp³-hybridized carbons (Fsp3) is 0.619. The van der Waals surface area contributed by atoms with Crippen molar-refractivity contribution >= 4 is 11.8 Å². The molecule has 1 atom stereocenters. The minimum atomic E-state index is -0.847. The molecule has 0 aromatic heterocycles. The number of aliphatic carboxylic acids is 1. The second kappa shape index (κ2) is 6.34. The number of hydrogen-bond acceptors (Lipinski definition) is 2. The van der Waals surface area contributed by atoms with Gasteiger partial charge in [-0.3, -0.25) is 9.59 Å². The smallest absolute Gasteiger partial charge is 0.308 e. The zero-order chi connectivity index (χ0) is 18.3. The molecule has 0 bridgehead atoms. The zero-order valence-electron chi connectivity index (χ0n) is 15.8. The summed E-state index contributed by atoms with van der Waals surface area (Å²) in [6.07, 6.45) is 3.20. The van der Waals surface area contributed by atoms with Crippen molar-refractivity contribution in [3.63, 3.8) is 0 Å². The van der Waals surface area contributed by atoms with Crippen molar-refractivity contribution in [3.8, 4) is 0 Å². The van der Waals surface area contributed by atoms with E-state index >= 15 is 0 Å². The number of Topliss-reactive ketones (excluding diaryl/α,β-unsaturated/α-hetero) is 1. The van der Waals surface area contributed by atoms with Crippen LogP contribution in [0.1, 0.15) is 73.5 Å². The number of aryl methyl sites for hydroxylation is 3. The Bertz CT molecular complexity index is 635. The summed E-state index contributed by atoms with van der Waals surface area (Å²) < 4.78 is 0. The van der Waals surface area contributed by atoms with Gasteiger partial charge in [-0.2, -0.15) is 0 Å². The lowest BCUT2D eigenvalue weighted by Crippen LogP contribution is -2.47. The Balaban J connectivity index is 2.63. The monoisotopic (exact) mass is 330 g/mol. The predicted molar refractivity (Wildman–Crippen MR) is 96.5 cm³/mol. The number of carboxylic acids is 1. The van der Waals surface area contributed by atoms with E-state index in [9.17, 15) is 14.7 Å². The Morgan fingerprint density at radius 2 is 1.50 bits per heavy atom. The van der Waals surface area contributed by atoms with Crippen LogP contribution in [0.3, 0.4) is 0 Å². The Labute approximate surface area is 145 Å². The van der Waals surface area contributed by atoms with Gasteiger partial charge >= 0.3 is 5.97 Å².